The number of thioether (sulfide) groups is 1. The molecule has 152 valence electrons. The Morgan fingerprint density at radius 1 is 1.10 bits per heavy atom. The van der Waals surface area contributed by atoms with Crippen LogP contribution in [0.1, 0.15) is 29.5 Å². The molecule has 29 heavy (non-hydrogen) atoms. The Labute approximate surface area is 175 Å². The van der Waals surface area contributed by atoms with Crippen LogP contribution in [0.2, 0.25) is 0 Å². The lowest BCUT2D eigenvalue weighted by Crippen LogP contribution is -2.24. The van der Waals surface area contributed by atoms with Gasteiger partial charge >= 0.3 is 0 Å². The molecular weight excluding hydrogens is 386 g/mol. The molecule has 1 aliphatic rings. The molecule has 0 fully saturated rings. The van der Waals surface area contributed by atoms with Gasteiger partial charge in [-0.15, -0.1) is 11.8 Å². The molecule has 0 radical (unpaired) electrons. The van der Waals surface area contributed by atoms with Gasteiger partial charge in [0.05, 0.1) is 24.3 Å². The number of nitrogens with zero attached hydrogens (tertiary/aromatic N) is 1. The number of methoxy groups -OCH3 is 1. The van der Waals surface area contributed by atoms with Gasteiger partial charge in [-0.1, -0.05) is 18.2 Å². The zero-order valence-corrected chi connectivity index (χ0v) is 17.5. The number of carbonyl (C=O) groups excluding carboxylic acids is 2. The number of fused-ring (bicyclic) bond motifs is 1. The second-order valence-electron chi connectivity index (χ2n) is 6.83. The van der Waals surface area contributed by atoms with E-state index in [1.54, 1.807) is 7.11 Å². The van der Waals surface area contributed by atoms with Gasteiger partial charge in [0.1, 0.15) is 5.75 Å². The summed E-state index contributed by atoms with van der Waals surface area (Å²) in [5, 5.41) is 7.14. The number of para-hydroxylation sites is 1. The number of ether oxygens (including phenoxy) is 1. The molecule has 3 rings (SSSR count). The minimum Gasteiger partial charge on any atom is -0.496 e. The highest BCUT2D eigenvalue weighted by Gasteiger charge is 2.18. The van der Waals surface area contributed by atoms with Crippen molar-refractivity contribution in [2.75, 3.05) is 23.9 Å². The van der Waals surface area contributed by atoms with Crippen LogP contribution in [0.4, 0.5) is 5.69 Å². The first-order valence-corrected chi connectivity index (χ1v) is 10.7. The molecule has 0 saturated heterocycles. The predicted molar refractivity (Wildman–Crippen MR) is 118 cm³/mol. The van der Waals surface area contributed by atoms with Crippen molar-refractivity contribution in [2.45, 2.75) is 26.2 Å². The van der Waals surface area contributed by atoms with E-state index in [1.807, 2.05) is 37.3 Å². The van der Waals surface area contributed by atoms with Crippen molar-refractivity contribution < 1.29 is 14.3 Å². The molecular formula is C22H25N3O3S. The normalized spacial score (nSPS) is 14.2. The van der Waals surface area contributed by atoms with Gasteiger partial charge in [-0.2, -0.15) is 5.10 Å². The highest BCUT2D eigenvalue weighted by atomic mass is 32.2. The fourth-order valence-electron chi connectivity index (χ4n) is 3.24. The van der Waals surface area contributed by atoms with Gasteiger partial charge in [-0.05, 0) is 61.6 Å². The van der Waals surface area contributed by atoms with Crippen molar-refractivity contribution in [3.8, 4) is 5.75 Å². The first kappa shape index (κ1) is 20.9. The van der Waals surface area contributed by atoms with Crippen molar-refractivity contribution in [3.05, 3.63) is 59.2 Å². The van der Waals surface area contributed by atoms with E-state index in [9.17, 15) is 9.59 Å². The van der Waals surface area contributed by atoms with Crippen LogP contribution in [0.3, 0.4) is 0 Å². The van der Waals surface area contributed by atoms with Crippen molar-refractivity contribution in [2.24, 2.45) is 5.10 Å². The molecule has 0 heterocycles. The maximum atomic E-state index is 12.1. The zero-order valence-electron chi connectivity index (χ0n) is 16.7. The van der Waals surface area contributed by atoms with Gasteiger partial charge in [0, 0.05) is 11.3 Å². The minimum absolute atomic E-state index is 0.133. The number of rotatable bonds is 7. The van der Waals surface area contributed by atoms with E-state index in [0.717, 1.165) is 47.5 Å². The molecule has 0 unspecified atom stereocenters. The largest absolute Gasteiger partial charge is 0.496 e. The fraction of sp³-hybridized carbons (Fsp3) is 0.318. The van der Waals surface area contributed by atoms with Gasteiger partial charge in [0.15, 0.2) is 0 Å². The lowest BCUT2D eigenvalue weighted by atomic mass is 9.88. The van der Waals surface area contributed by atoms with Crippen LogP contribution in [0, 0.1) is 6.92 Å². The van der Waals surface area contributed by atoms with Crippen molar-refractivity contribution in [1.82, 2.24) is 5.43 Å². The van der Waals surface area contributed by atoms with Gasteiger partial charge in [-0.3, -0.25) is 9.59 Å². The molecule has 2 aromatic rings. The second kappa shape index (κ2) is 10.1. The summed E-state index contributed by atoms with van der Waals surface area (Å²) in [6, 6.07) is 13.4. The number of benzene rings is 2. The van der Waals surface area contributed by atoms with Crippen LogP contribution in [-0.4, -0.2) is 36.1 Å². The van der Waals surface area contributed by atoms with Crippen LogP contribution in [-0.2, 0) is 16.0 Å². The summed E-state index contributed by atoms with van der Waals surface area (Å²) < 4.78 is 5.40. The highest BCUT2D eigenvalue weighted by Crippen LogP contribution is 2.28. The third-order valence-electron chi connectivity index (χ3n) is 4.63. The number of amides is 2. The second-order valence-corrected chi connectivity index (χ2v) is 7.82. The minimum atomic E-state index is -0.215. The highest BCUT2D eigenvalue weighted by molar-refractivity contribution is 8.00. The van der Waals surface area contributed by atoms with Gasteiger partial charge in [0.2, 0.25) is 11.8 Å². The first-order chi connectivity index (χ1) is 14.1. The van der Waals surface area contributed by atoms with E-state index in [2.05, 4.69) is 28.0 Å². The Morgan fingerprint density at radius 3 is 2.62 bits per heavy atom. The molecule has 2 aromatic carbocycles. The number of hydrogen-bond donors (Lipinski definition) is 2. The molecule has 2 N–H and O–H groups in total. The Hall–Kier alpha value is -2.80. The van der Waals surface area contributed by atoms with E-state index in [4.69, 9.17) is 4.74 Å². The third-order valence-corrected chi connectivity index (χ3v) is 5.56. The number of anilines is 1. The van der Waals surface area contributed by atoms with E-state index in [-0.39, 0.29) is 23.3 Å². The lowest BCUT2D eigenvalue weighted by molar-refractivity contribution is -0.118. The van der Waals surface area contributed by atoms with Crippen LogP contribution < -0.4 is 15.5 Å². The van der Waals surface area contributed by atoms with Crippen LogP contribution in [0.15, 0.2) is 47.6 Å². The molecule has 1 aliphatic carbocycles. The van der Waals surface area contributed by atoms with Crippen molar-refractivity contribution >= 4 is 35.0 Å². The topological polar surface area (TPSA) is 79.8 Å². The van der Waals surface area contributed by atoms with Crippen LogP contribution >= 0.6 is 11.8 Å². The SMILES string of the molecule is COc1cc2c(cc1C)/C(=N/NC(=O)CSCC(=O)Nc1ccccc1)CCC2. The summed E-state index contributed by atoms with van der Waals surface area (Å²) in [6.45, 7) is 2.00. The summed E-state index contributed by atoms with van der Waals surface area (Å²) in [6.07, 6.45) is 2.79. The first-order valence-electron chi connectivity index (χ1n) is 9.52. The monoisotopic (exact) mass is 411 g/mol. The Bertz CT molecular complexity index is 913. The summed E-state index contributed by atoms with van der Waals surface area (Å²) in [7, 11) is 1.67. The zero-order chi connectivity index (χ0) is 20.6. The average Bonchev–Trinajstić information content (AvgIpc) is 2.72. The lowest BCUT2D eigenvalue weighted by Gasteiger charge is -2.20. The molecule has 0 aromatic heterocycles. The number of carbonyl (C=O) groups is 2. The van der Waals surface area contributed by atoms with Crippen LogP contribution in [0.25, 0.3) is 0 Å². The summed E-state index contributed by atoms with van der Waals surface area (Å²) in [5.74, 6) is 0.909. The molecule has 0 atom stereocenters. The molecule has 0 aliphatic heterocycles. The maximum Gasteiger partial charge on any atom is 0.250 e. The van der Waals surface area contributed by atoms with Crippen molar-refractivity contribution in [3.63, 3.8) is 0 Å². The number of hydrazone groups is 1. The number of aryl methyl sites for hydroxylation is 2. The van der Waals surface area contributed by atoms with Gasteiger partial charge in [-0.25, -0.2) is 5.43 Å². The number of hydrogen-bond acceptors (Lipinski definition) is 5. The Kier molecular flexibility index (Phi) is 7.30. The van der Waals surface area contributed by atoms with E-state index in [1.165, 1.54) is 17.3 Å². The molecule has 7 heteroatoms. The maximum absolute atomic E-state index is 12.1. The van der Waals surface area contributed by atoms with Crippen LogP contribution in [0.5, 0.6) is 5.75 Å². The number of nitrogens with one attached hydrogen (secondary N) is 2. The average molecular weight is 412 g/mol. The Balaban J connectivity index is 1.50. The van der Waals surface area contributed by atoms with E-state index in [0.29, 0.717) is 0 Å². The van der Waals surface area contributed by atoms with E-state index >= 15 is 0 Å². The summed E-state index contributed by atoms with van der Waals surface area (Å²) in [4.78, 5) is 24.0. The fourth-order valence-corrected chi connectivity index (χ4v) is 3.85. The summed E-state index contributed by atoms with van der Waals surface area (Å²) >= 11 is 1.26. The molecule has 0 bridgehead atoms. The third kappa shape index (κ3) is 5.84. The standard InChI is InChI=1S/C22H25N3O3S/c1-15-11-18-16(12-20(15)28-2)7-6-10-19(18)24-25-22(27)14-29-13-21(26)23-17-8-4-3-5-9-17/h3-5,8-9,11-12H,6-7,10,13-14H2,1-2H3,(H,23,26)(H,25,27)/b24-19+. The summed E-state index contributed by atoms with van der Waals surface area (Å²) in [5.41, 5.74) is 7.58. The smallest absolute Gasteiger partial charge is 0.250 e. The molecule has 0 spiro atoms. The van der Waals surface area contributed by atoms with Gasteiger partial charge < -0.3 is 10.1 Å². The predicted octanol–water partition coefficient (Wildman–Crippen LogP) is 3.53. The Morgan fingerprint density at radius 2 is 1.86 bits per heavy atom. The molecule has 6 nitrogen and oxygen atoms in total. The van der Waals surface area contributed by atoms with Crippen molar-refractivity contribution in [1.29, 1.82) is 0 Å². The van der Waals surface area contributed by atoms with E-state index < -0.39 is 0 Å². The molecule has 0 saturated carbocycles. The van der Waals surface area contributed by atoms with Gasteiger partial charge in [0.25, 0.3) is 0 Å². The molecule has 2 amide bonds. The quantitative estimate of drug-likeness (QED) is 0.683.